The van der Waals surface area contributed by atoms with Crippen molar-refractivity contribution in [1.29, 1.82) is 0 Å². The number of aliphatic hydroxyl groups is 2. The van der Waals surface area contributed by atoms with Crippen LogP contribution < -0.4 is 0 Å². The first kappa shape index (κ1) is 12.0. The highest BCUT2D eigenvalue weighted by Crippen LogP contribution is 2.21. The Morgan fingerprint density at radius 1 is 1.20 bits per heavy atom. The van der Waals surface area contributed by atoms with Crippen LogP contribution in [-0.4, -0.2) is 10.2 Å². The molecule has 0 saturated carbocycles. The fraction of sp³-hybridized carbons (Fsp3) is 0.385. The molecule has 0 aliphatic carbocycles. The van der Waals surface area contributed by atoms with E-state index in [1.807, 2.05) is 25.1 Å². The Morgan fingerprint density at radius 2 is 1.87 bits per heavy atom. The molecule has 2 nitrogen and oxygen atoms in total. The minimum Gasteiger partial charge on any atom is -0.392 e. The average molecular weight is 206 g/mol. The van der Waals surface area contributed by atoms with E-state index in [9.17, 15) is 5.11 Å². The van der Waals surface area contributed by atoms with Gasteiger partial charge in [-0.15, -0.1) is 0 Å². The van der Waals surface area contributed by atoms with E-state index in [4.69, 9.17) is 5.11 Å². The number of benzene rings is 1. The van der Waals surface area contributed by atoms with Crippen molar-refractivity contribution in [1.82, 2.24) is 0 Å². The first-order chi connectivity index (χ1) is 7.26. The van der Waals surface area contributed by atoms with Crippen LogP contribution in [-0.2, 0) is 13.2 Å². The Balaban J connectivity index is 3.13. The van der Waals surface area contributed by atoms with E-state index in [2.05, 4.69) is 13.0 Å². The number of allylic oxidation sites excluding steroid dienone is 2. The second kappa shape index (κ2) is 5.69. The smallest absolute Gasteiger partial charge is 0.0685 e. The largest absolute Gasteiger partial charge is 0.392 e. The lowest BCUT2D eigenvalue weighted by Gasteiger charge is -2.09. The minimum absolute atomic E-state index is 0.0204. The number of aliphatic hydroxyl groups excluding tert-OH is 2. The van der Waals surface area contributed by atoms with Crippen molar-refractivity contribution in [2.75, 3.05) is 0 Å². The molecule has 0 heterocycles. The van der Waals surface area contributed by atoms with Crippen LogP contribution in [0.15, 0.2) is 24.3 Å². The minimum atomic E-state index is -0.0234. The molecule has 2 heteroatoms. The van der Waals surface area contributed by atoms with Crippen LogP contribution in [0.5, 0.6) is 0 Å². The Hall–Kier alpha value is -1.12. The molecule has 1 rings (SSSR count). The van der Waals surface area contributed by atoms with Crippen LogP contribution in [0.2, 0.25) is 0 Å². The number of hydrogen-bond acceptors (Lipinski definition) is 2. The SMILES string of the molecule is C/C=C(/CC)c1ccc(CO)c(CO)c1. The molecule has 0 spiro atoms. The highest BCUT2D eigenvalue weighted by atomic mass is 16.3. The van der Waals surface area contributed by atoms with Gasteiger partial charge in [0.15, 0.2) is 0 Å². The summed E-state index contributed by atoms with van der Waals surface area (Å²) in [6.45, 7) is 4.07. The molecule has 0 bridgehead atoms. The van der Waals surface area contributed by atoms with E-state index in [-0.39, 0.29) is 13.2 Å². The zero-order valence-corrected chi connectivity index (χ0v) is 9.33. The third kappa shape index (κ3) is 2.67. The molecule has 0 unspecified atom stereocenters. The molecule has 1 aromatic carbocycles. The van der Waals surface area contributed by atoms with E-state index in [1.165, 1.54) is 5.57 Å². The van der Waals surface area contributed by atoms with Crippen molar-refractivity contribution < 1.29 is 10.2 Å². The molecule has 0 radical (unpaired) electrons. The first-order valence-corrected chi connectivity index (χ1v) is 5.25. The highest BCUT2D eigenvalue weighted by Gasteiger charge is 2.04. The van der Waals surface area contributed by atoms with Crippen LogP contribution in [0, 0.1) is 0 Å². The van der Waals surface area contributed by atoms with Gasteiger partial charge < -0.3 is 10.2 Å². The summed E-state index contributed by atoms with van der Waals surface area (Å²) in [4.78, 5) is 0. The molecule has 0 amide bonds. The zero-order chi connectivity index (χ0) is 11.3. The van der Waals surface area contributed by atoms with Crippen LogP contribution in [0.1, 0.15) is 37.0 Å². The Kier molecular flexibility index (Phi) is 4.53. The summed E-state index contributed by atoms with van der Waals surface area (Å²) in [5, 5.41) is 18.2. The van der Waals surface area contributed by atoms with E-state index in [1.54, 1.807) is 0 Å². The average Bonchev–Trinajstić information content (AvgIpc) is 2.30. The van der Waals surface area contributed by atoms with Gasteiger partial charge in [-0.25, -0.2) is 0 Å². The molecule has 0 saturated heterocycles. The molecule has 1 aromatic rings. The van der Waals surface area contributed by atoms with Crippen LogP contribution in [0.25, 0.3) is 5.57 Å². The summed E-state index contributed by atoms with van der Waals surface area (Å²) in [6, 6.07) is 5.81. The monoisotopic (exact) mass is 206 g/mol. The van der Waals surface area contributed by atoms with Gasteiger partial charge in [-0.2, -0.15) is 0 Å². The maximum absolute atomic E-state index is 9.17. The summed E-state index contributed by atoms with van der Waals surface area (Å²) in [5.41, 5.74) is 3.99. The van der Waals surface area contributed by atoms with Gasteiger partial charge in [0.05, 0.1) is 13.2 Å². The van der Waals surface area contributed by atoms with E-state index >= 15 is 0 Å². The van der Waals surface area contributed by atoms with Crippen molar-refractivity contribution in [3.63, 3.8) is 0 Å². The van der Waals surface area contributed by atoms with Gasteiger partial charge in [0, 0.05) is 0 Å². The lowest BCUT2D eigenvalue weighted by Crippen LogP contribution is -1.95. The molecular formula is C13H18O2. The van der Waals surface area contributed by atoms with E-state index in [0.717, 1.165) is 23.1 Å². The van der Waals surface area contributed by atoms with E-state index in [0.29, 0.717) is 0 Å². The van der Waals surface area contributed by atoms with Crippen LogP contribution >= 0.6 is 0 Å². The maximum Gasteiger partial charge on any atom is 0.0685 e. The molecule has 0 aliphatic heterocycles. The van der Waals surface area contributed by atoms with E-state index < -0.39 is 0 Å². The van der Waals surface area contributed by atoms with Gasteiger partial charge in [-0.3, -0.25) is 0 Å². The van der Waals surface area contributed by atoms with Gasteiger partial charge >= 0.3 is 0 Å². The summed E-state index contributed by atoms with van der Waals surface area (Å²) < 4.78 is 0. The fourth-order valence-electron chi connectivity index (χ4n) is 1.70. The van der Waals surface area contributed by atoms with Crippen molar-refractivity contribution >= 4 is 5.57 Å². The lowest BCUT2D eigenvalue weighted by atomic mass is 9.98. The molecule has 15 heavy (non-hydrogen) atoms. The second-order valence-electron chi connectivity index (χ2n) is 3.47. The zero-order valence-electron chi connectivity index (χ0n) is 9.33. The number of rotatable bonds is 4. The summed E-state index contributed by atoms with van der Waals surface area (Å²) in [5.74, 6) is 0. The van der Waals surface area contributed by atoms with Crippen molar-refractivity contribution in [3.05, 3.63) is 41.0 Å². The molecular weight excluding hydrogens is 188 g/mol. The summed E-state index contributed by atoms with van der Waals surface area (Å²) in [6.07, 6.45) is 3.05. The Morgan fingerprint density at radius 3 is 2.33 bits per heavy atom. The Labute approximate surface area is 90.9 Å². The quantitative estimate of drug-likeness (QED) is 0.794. The molecule has 2 N–H and O–H groups in total. The molecule has 0 aliphatic rings. The topological polar surface area (TPSA) is 40.5 Å². The van der Waals surface area contributed by atoms with Gasteiger partial charge in [-0.05, 0) is 41.7 Å². The van der Waals surface area contributed by atoms with Crippen molar-refractivity contribution in [3.8, 4) is 0 Å². The highest BCUT2D eigenvalue weighted by molar-refractivity contribution is 5.66. The summed E-state index contributed by atoms with van der Waals surface area (Å²) >= 11 is 0. The Bertz CT molecular complexity index is 354. The van der Waals surface area contributed by atoms with Crippen LogP contribution in [0.3, 0.4) is 0 Å². The molecule has 0 atom stereocenters. The van der Waals surface area contributed by atoms with Crippen molar-refractivity contribution in [2.45, 2.75) is 33.5 Å². The van der Waals surface area contributed by atoms with Gasteiger partial charge in [0.2, 0.25) is 0 Å². The second-order valence-corrected chi connectivity index (χ2v) is 3.47. The molecule has 0 fully saturated rings. The predicted molar refractivity (Wildman–Crippen MR) is 62.2 cm³/mol. The van der Waals surface area contributed by atoms with Crippen LogP contribution in [0.4, 0.5) is 0 Å². The normalized spacial score (nSPS) is 11.9. The maximum atomic E-state index is 9.17. The fourth-order valence-corrected chi connectivity index (χ4v) is 1.70. The van der Waals surface area contributed by atoms with Gasteiger partial charge in [0.1, 0.15) is 0 Å². The number of hydrogen-bond donors (Lipinski definition) is 2. The molecule has 0 aromatic heterocycles. The van der Waals surface area contributed by atoms with Crippen molar-refractivity contribution in [2.24, 2.45) is 0 Å². The molecule has 82 valence electrons. The third-order valence-corrected chi connectivity index (χ3v) is 2.65. The predicted octanol–water partition coefficient (Wildman–Crippen LogP) is 2.48. The lowest BCUT2D eigenvalue weighted by molar-refractivity contribution is 0.260. The standard InChI is InChI=1S/C13H18O2/c1-3-10(4-2)11-5-6-12(8-14)13(7-11)9-15/h3,5-7,14-15H,4,8-9H2,1-2H3/b10-3-. The summed E-state index contributed by atoms with van der Waals surface area (Å²) in [7, 11) is 0. The third-order valence-electron chi connectivity index (χ3n) is 2.65. The van der Waals surface area contributed by atoms with Gasteiger partial charge in [-0.1, -0.05) is 25.1 Å². The van der Waals surface area contributed by atoms with Gasteiger partial charge in [0.25, 0.3) is 0 Å². The first-order valence-electron chi connectivity index (χ1n) is 5.25.